The average Bonchev–Trinajstić information content (AvgIpc) is 2.82. The normalized spacial score (nSPS) is 10.8. The van der Waals surface area contributed by atoms with Gasteiger partial charge in [-0.05, 0) is 24.3 Å². The molecule has 0 atom stereocenters. The van der Waals surface area contributed by atoms with E-state index < -0.39 is 0 Å². The van der Waals surface area contributed by atoms with Crippen molar-refractivity contribution < 1.29 is 4.74 Å². The van der Waals surface area contributed by atoms with Crippen LogP contribution in [-0.2, 0) is 0 Å². The highest BCUT2D eigenvalue weighted by atomic mass is 35.5. The maximum Gasteiger partial charge on any atom is 0.200 e. The third-order valence-corrected chi connectivity index (χ3v) is 2.92. The number of benzene rings is 1. The van der Waals surface area contributed by atoms with Crippen LogP contribution in [0.1, 0.15) is 0 Å². The largest absolute Gasteiger partial charge is 0.482 e. The molecule has 0 fully saturated rings. The van der Waals surface area contributed by atoms with E-state index in [0.29, 0.717) is 16.7 Å². The Morgan fingerprint density at radius 3 is 2.72 bits per heavy atom. The molecule has 0 amide bonds. The molecular weight excluding hydrogens is 250 g/mol. The van der Waals surface area contributed by atoms with Gasteiger partial charge in [-0.1, -0.05) is 29.8 Å². The first-order chi connectivity index (χ1) is 8.79. The van der Waals surface area contributed by atoms with Gasteiger partial charge >= 0.3 is 0 Å². The Morgan fingerprint density at radius 2 is 1.94 bits per heavy atom. The number of halogens is 1. The van der Waals surface area contributed by atoms with E-state index in [1.165, 1.54) is 0 Å². The van der Waals surface area contributed by atoms with Crippen LogP contribution in [0, 0.1) is 0 Å². The van der Waals surface area contributed by atoms with E-state index in [2.05, 4.69) is 10.2 Å². The zero-order valence-corrected chi connectivity index (χ0v) is 10.4. The van der Waals surface area contributed by atoms with Crippen molar-refractivity contribution in [1.29, 1.82) is 0 Å². The molecular formula is C13H10ClN3O. The summed E-state index contributed by atoms with van der Waals surface area (Å²) in [4.78, 5) is 0. The fourth-order valence-corrected chi connectivity index (χ4v) is 2.08. The van der Waals surface area contributed by atoms with Gasteiger partial charge in [0.25, 0.3) is 0 Å². The second kappa shape index (κ2) is 4.31. The van der Waals surface area contributed by atoms with E-state index in [1.807, 2.05) is 46.9 Å². The van der Waals surface area contributed by atoms with Gasteiger partial charge in [0.1, 0.15) is 0 Å². The number of pyridine rings is 1. The summed E-state index contributed by atoms with van der Waals surface area (Å²) in [5.74, 6) is 1.40. The summed E-state index contributed by atoms with van der Waals surface area (Å²) in [6.07, 6.45) is 0. The maximum atomic E-state index is 6.00. The van der Waals surface area contributed by atoms with E-state index >= 15 is 0 Å². The van der Waals surface area contributed by atoms with E-state index in [0.717, 1.165) is 11.2 Å². The van der Waals surface area contributed by atoms with E-state index in [4.69, 9.17) is 16.3 Å². The Kier molecular flexibility index (Phi) is 2.64. The zero-order valence-electron chi connectivity index (χ0n) is 9.67. The minimum absolute atomic E-state index is 0.666. The molecule has 0 saturated carbocycles. The molecule has 0 aliphatic carbocycles. The number of nitrogens with zero attached hydrogens (tertiary/aromatic N) is 3. The van der Waals surface area contributed by atoms with Gasteiger partial charge in [-0.2, -0.15) is 0 Å². The molecule has 0 aliphatic heterocycles. The van der Waals surface area contributed by atoms with Crippen LogP contribution in [0.3, 0.4) is 0 Å². The predicted molar refractivity (Wildman–Crippen MR) is 70.0 cm³/mol. The van der Waals surface area contributed by atoms with Crippen molar-refractivity contribution in [2.24, 2.45) is 0 Å². The quantitative estimate of drug-likeness (QED) is 0.710. The first-order valence-electron chi connectivity index (χ1n) is 5.43. The first kappa shape index (κ1) is 11.0. The fraction of sp³-hybridized carbons (Fsp3) is 0.0769. The van der Waals surface area contributed by atoms with Crippen molar-refractivity contribution in [3.8, 4) is 17.3 Å². The molecule has 3 rings (SSSR count). The van der Waals surface area contributed by atoms with Gasteiger partial charge in [-0.3, -0.25) is 0 Å². The van der Waals surface area contributed by atoms with Crippen molar-refractivity contribution in [2.45, 2.75) is 0 Å². The van der Waals surface area contributed by atoms with Crippen LogP contribution in [0.15, 0.2) is 42.5 Å². The van der Waals surface area contributed by atoms with Crippen LogP contribution in [0.2, 0.25) is 5.02 Å². The fourth-order valence-electron chi connectivity index (χ4n) is 1.89. The molecule has 0 aliphatic rings. The van der Waals surface area contributed by atoms with Gasteiger partial charge in [-0.15, -0.1) is 10.2 Å². The smallest absolute Gasteiger partial charge is 0.200 e. The Labute approximate surface area is 109 Å². The Balaban J connectivity index is 2.30. The van der Waals surface area contributed by atoms with Gasteiger partial charge in [0, 0.05) is 10.6 Å². The average molecular weight is 260 g/mol. The molecule has 0 N–H and O–H groups in total. The Hall–Kier alpha value is -2.07. The number of hydrogen-bond acceptors (Lipinski definition) is 3. The monoisotopic (exact) mass is 259 g/mol. The lowest BCUT2D eigenvalue weighted by atomic mass is 10.2. The minimum Gasteiger partial charge on any atom is -0.482 e. The van der Waals surface area contributed by atoms with Crippen molar-refractivity contribution in [2.75, 3.05) is 7.11 Å². The molecule has 3 aromatic rings. The molecule has 0 bridgehead atoms. The van der Waals surface area contributed by atoms with Gasteiger partial charge in [0.05, 0.1) is 7.11 Å². The lowest BCUT2D eigenvalue weighted by Gasteiger charge is -2.06. The van der Waals surface area contributed by atoms with Gasteiger partial charge < -0.3 is 4.74 Å². The number of methoxy groups -OCH3 is 1. The molecule has 0 unspecified atom stereocenters. The molecule has 4 nitrogen and oxygen atoms in total. The molecule has 0 saturated heterocycles. The topological polar surface area (TPSA) is 39.4 Å². The molecule has 18 heavy (non-hydrogen) atoms. The highest BCUT2D eigenvalue weighted by Crippen LogP contribution is 2.25. The van der Waals surface area contributed by atoms with E-state index in [9.17, 15) is 0 Å². The number of ether oxygens (including phenoxy) is 1. The molecule has 0 radical (unpaired) electrons. The highest BCUT2D eigenvalue weighted by molar-refractivity contribution is 6.30. The summed E-state index contributed by atoms with van der Waals surface area (Å²) in [5, 5.41) is 8.98. The number of hydrogen-bond donors (Lipinski definition) is 0. The molecule has 0 spiro atoms. The Bertz CT molecular complexity index is 708. The highest BCUT2D eigenvalue weighted by Gasteiger charge is 2.11. The second-order valence-electron chi connectivity index (χ2n) is 3.80. The number of aromatic nitrogens is 3. The van der Waals surface area contributed by atoms with Gasteiger partial charge in [0.15, 0.2) is 11.5 Å². The molecule has 2 aromatic heterocycles. The summed E-state index contributed by atoms with van der Waals surface area (Å²) >= 11 is 6.00. The van der Waals surface area contributed by atoms with Crippen LogP contribution in [0.25, 0.3) is 17.0 Å². The summed E-state index contributed by atoms with van der Waals surface area (Å²) in [5.41, 5.74) is 1.64. The number of rotatable bonds is 2. The standard InChI is InChI=1S/C13H10ClN3O/c1-18-12-7-3-6-11-15-16-13(17(11)12)9-4-2-5-10(14)8-9/h2-8H,1H3. The SMILES string of the molecule is COc1cccc2nnc(-c3cccc(Cl)c3)n12. The van der Waals surface area contributed by atoms with Crippen LogP contribution < -0.4 is 4.74 Å². The summed E-state index contributed by atoms with van der Waals surface area (Å²) in [6.45, 7) is 0. The van der Waals surface area contributed by atoms with Gasteiger partial charge in [-0.25, -0.2) is 4.40 Å². The Morgan fingerprint density at radius 1 is 1.11 bits per heavy atom. The minimum atomic E-state index is 0.666. The van der Waals surface area contributed by atoms with E-state index in [1.54, 1.807) is 7.11 Å². The van der Waals surface area contributed by atoms with Crippen molar-refractivity contribution >= 4 is 17.2 Å². The summed E-state index contributed by atoms with van der Waals surface area (Å²) < 4.78 is 7.18. The maximum absolute atomic E-state index is 6.00. The van der Waals surface area contributed by atoms with Crippen LogP contribution in [0.5, 0.6) is 5.88 Å². The van der Waals surface area contributed by atoms with E-state index in [-0.39, 0.29) is 0 Å². The lowest BCUT2D eigenvalue weighted by molar-refractivity contribution is 0.393. The van der Waals surface area contributed by atoms with Crippen molar-refractivity contribution in [3.63, 3.8) is 0 Å². The van der Waals surface area contributed by atoms with Crippen molar-refractivity contribution in [1.82, 2.24) is 14.6 Å². The van der Waals surface area contributed by atoms with Crippen LogP contribution >= 0.6 is 11.6 Å². The van der Waals surface area contributed by atoms with Crippen molar-refractivity contribution in [3.05, 3.63) is 47.5 Å². The summed E-state index contributed by atoms with van der Waals surface area (Å²) in [7, 11) is 1.62. The third kappa shape index (κ3) is 1.71. The third-order valence-electron chi connectivity index (χ3n) is 2.68. The zero-order chi connectivity index (χ0) is 12.5. The second-order valence-corrected chi connectivity index (χ2v) is 4.23. The molecule has 5 heteroatoms. The lowest BCUT2D eigenvalue weighted by Crippen LogP contribution is -1.95. The molecule has 2 heterocycles. The molecule has 1 aromatic carbocycles. The van der Waals surface area contributed by atoms with Gasteiger partial charge in [0.2, 0.25) is 5.88 Å². The van der Waals surface area contributed by atoms with Crippen LogP contribution in [0.4, 0.5) is 0 Å². The number of fused-ring (bicyclic) bond motifs is 1. The van der Waals surface area contributed by atoms with Crippen LogP contribution in [-0.4, -0.2) is 21.7 Å². The predicted octanol–water partition coefficient (Wildman–Crippen LogP) is 3.06. The summed E-state index contributed by atoms with van der Waals surface area (Å²) in [6, 6.07) is 13.1. The first-order valence-corrected chi connectivity index (χ1v) is 5.81. The molecule has 90 valence electrons.